The van der Waals surface area contributed by atoms with E-state index in [1.54, 1.807) is 18.2 Å². The van der Waals surface area contributed by atoms with Gasteiger partial charge in [-0.15, -0.1) is 0 Å². The van der Waals surface area contributed by atoms with Crippen molar-refractivity contribution in [2.24, 2.45) is 5.10 Å². The molecule has 3 aromatic rings. The van der Waals surface area contributed by atoms with Crippen LogP contribution in [-0.4, -0.2) is 23.8 Å². The molecule has 0 aliphatic heterocycles. The summed E-state index contributed by atoms with van der Waals surface area (Å²) in [6.07, 6.45) is 1.51. The first kappa shape index (κ1) is 23.1. The minimum Gasteiger partial charge on any atom is -0.507 e. The Kier molecular flexibility index (Phi) is 8.30. The van der Waals surface area contributed by atoms with Gasteiger partial charge < -0.3 is 14.6 Å². The SMILES string of the molecule is CCOc1cc(/C=N\NC(=O)c2ccccc2O)cc(I)c1OCc1ccc(Br)cc1. The zero-order chi connectivity index (χ0) is 22.2. The van der Waals surface area contributed by atoms with Crippen molar-refractivity contribution in [2.75, 3.05) is 6.61 Å². The van der Waals surface area contributed by atoms with E-state index in [4.69, 9.17) is 9.47 Å². The van der Waals surface area contributed by atoms with Crippen LogP contribution >= 0.6 is 38.5 Å². The van der Waals surface area contributed by atoms with Crippen molar-refractivity contribution in [1.82, 2.24) is 5.43 Å². The maximum absolute atomic E-state index is 12.2. The van der Waals surface area contributed by atoms with Crippen LogP contribution in [0.4, 0.5) is 0 Å². The Morgan fingerprint density at radius 2 is 1.90 bits per heavy atom. The molecule has 0 unspecified atom stereocenters. The Labute approximate surface area is 202 Å². The number of carbonyl (C=O) groups excluding carboxylic acids is 1. The maximum Gasteiger partial charge on any atom is 0.275 e. The van der Waals surface area contributed by atoms with Gasteiger partial charge in [0.2, 0.25) is 0 Å². The average Bonchev–Trinajstić information content (AvgIpc) is 2.75. The summed E-state index contributed by atoms with van der Waals surface area (Å²) in [7, 11) is 0. The minimum atomic E-state index is -0.497. The Morgan fingerprint density at radius 3 is 2.61 bits per heavy atom. The van der Waals surface area contributed by atoms with Crippen molar-refractivity contribution < 1.29 is 19.4 Å². The highest BCUT2D eigenvalue weighted by molar-refractivity contribution is 14.1. The molecule has 1 amide bonds. The number of aromatic hydroxyl groups is 1. The number of benzene rings is 3. The van der Waals surface area contributed by atoms with Crippen molar-refractivity contribution in [3.05, 3.63) is 85.4 Å². The fourth-order valence-corrected chi connectivity index (χ4v) is 3.74. The number of para-hydroxylation sites is 1. The zero-order valence-electron chi connectivity index (χ0n) is 16.6. The molecule has 3 aromatic carbocycles. The molecule has 8 heteroatoms. The second-order valence-corrected chi connectivity index (χ2v) is 8.47. The molecular weight excluding hydrogens is 575 g/mol. The number of halogens is 2. The molecule has 31 heavy (non-hydrogen) atoms. The largest absolute Gasteiger partial charge is 0.507 e. The number of amides is 1. The first-order chi connectivity index (χ1) is 15.0. The van der Waals surface area contributed by atoms with Crippen LogP contribution in [-0.2, 0) is 6.61 Å². The molecule has 6 nitrogen and oxygen atoms in total. The number of rotatable bonds is 8. The average molecular weight is 595 g/mol. The number of carbonyl (C=O) groups is 1. The molecular formula is C23H20BrIN2O4. The van der Waals surface area contributed by atoms with Gasteiger partial charge in [0.1, 0.15) is 12.4 Å². The van der Waals surface area contributed by atoms with Crippen molar-refractivity contribution in [3.8, 4) is 17.2 Å². The highest BCUT2D eigenvalue weighted by Crippen LogP contribution is 2.34. The van der Waals surface area contributed by atoms with Crippen molar-refractivity contribution in [2.45, 2.75) is 13.5 Å². The van der Waals surface area contributed by atoms with Gasteiger partial charge in [-0.25, -0.2) is 5.43 Å². The number of phenolic OH excluding ortho intramolecular Hbond substituents is 1. The monoisotopic (exact) mass is 594 g/mol. The van der Waals surface area contributed by atoms with E-state index in [0.717, 1.165) is 19.2 Å². The van der Waals surface area contributed by atoms with Gasteiger partial charge in [0, 0.05) is 4.47 Å². The lowest BCUT2D eigenvalue weighted by atomic mass is 10.2. The molecule has 3 rings (SSSR count). The topological polar surface area (TPSA) is 80.2 Å². The number of hydrogen-bond donors (Lipinski definition) is 2. The number of hydrogen-bond acceptors (Lipinski definition) is 5. The van der Waals surface area contributed by atoms with E-state index in [2.05, 4.69) is 49.0 Å². The number of phenols is 1. The van der Waals surface area contributed by atoms with E-state index in [1.165, 1.54) is 18.3 Å². The summed E-state index contributed by atoms with van der Waals surface area (Å²) < 4.78 is 13.7. The number of hydrazone groups is 1. The molecule has 0 bridgehead atoms. The van der Waals surface area contributed by atoms with Gasteiger partial charge in [0.25, 0.3) is 5.91 Å². The highest BCUT2D eigenvalue weighted by Gasteiger charge is 2.13. The summed E-state index contributed by atoms with van der Waals surface area (Å²) in [5.41, 5.74) is 4.35. The van der Waals surface area contributed by atoms with Crippen LogP contribution in [0.5, 0.6) is 17.2 Å². The first-order valence-electron chi connectivity index (χ1n) is 9.43. The quantitative estimate of drug-likeness (QED) is 0.205. The Balaban J connectivity index is 1.73. The number of nitrogens with one attached hydrogen (secondary N) is 1. The van der Waals surface area contributed by atoms with Crippen LogP contribution < -0.4 is 14.9 Å². The van der Waals surface area contributed by atoms with Gasteiger partial charge in [-0.1, -0.05) is 40.2 Å². The third-order valence-corrected chi connectivity index (χ3v) is 5.49. The first-order valence-corrected chi connectivity index (χ1v) is 11.3. The summed E-state index contributed by atoms with van der Waals surface area (Å²) in [6.45, 7) is 2.79. The second-order valence-electron chi connectivity index (χ2n) is 6.39. The van der Waals surface area contributed by atoms with E-state index in [-0.39, 0.29) is 11.3 Å². The molecule has 0 atom stereocenters. The van der Waals surface area contributed by atoms with Gasteiger partial charge in [-0.2, -0.15) is 5.10 Å². The summed E-state index contributed by atoms with van der Waals surface area (Å²) in [4.78, 5) is 12.2. The second kappa shape index (κ2) is 11.1. The van der Waals surface area contributed by atoms with Crippen molar-refractivity contribution in [3.63, 3.8) is 0 Å². The Hall–Kier alpha value is -2.59. The molecule has 0 aromatic heterocycles. The molecule has 0 heterocycles. The minimum absolute atomic E-state index is 0.101. The van der Waals surface area contributed by atoms with E-state index >= 15 is 0 Å². The number of nitrogens with zero attached hydrogens (tertiary/aromatic N) is 1. The highest BCUT2D eigenvalue weighted by atomic mass is 127. The molecule has 2 N–H and O–H groups in total. The predicted octanol–water partition coefficient (Wildman–Crippen LogP) is 5.50. The predicted molar refractivity (Wildman–Crippen MR) is 132 cm³/mol. The molecule has 0 spiro atoms. The summed E-state index contributed by atoms with van der Waals surface area (Å²) in [5.74, 6) is 0.653. The van der Waals surface area contributed by atoms with E-state index in [0.29, 0.717) is 24.7 Å². The van der Waals surface area contributed by atoms with Crippen LogP contribution in [0.2, 0.25) is 0 Å². The van der Waals surface area contributed by atoms with Gasteiger partial charge in [-0.05, 0) is 77.0 Å². The van der Waals surface area contributed by atoms with Crippen LogP contribution in [0.1, 0.15) is 28.4 Å². The summed E-state index contributed by atoms with van der Waals surface area (Å²) in [5, 5.41) is 13.8. The summed E-state index contributed by atoms with van der Waals surface area (Å²) in [6, 6.07) is 17.9. The van der Waals surface area contributed by atoms with Gasteiger partial charge >= 0.3 is 0 Å². The van der Waals surface area contributed by atoms with Crippen LogP contribution in [0.3, 0.4) is 0 Å². The fourth-order valence-electron chi connectivity index (χ4n) is 2.69. The lowest BCUT2D eigenvalue weighted by Crippen LogP contribution is -2.17. The van der Waals surface area contributed by atoms with Gasteiger partial charge in [-0.3, -0.25) is 4.79 Å². The van der Waals surface area contributed by atoms with Crippen molar-refractivity contribution in [1.29, 1.82) is 0 Å². The van der Waals surface area contributed by atoms with E-state index in [9.17, 15) is 9.90 Å². The summed E-state index contributed by atoms with van der Waals surface area (Å²) >= 11 is 5.61. The number of ether oxygens (including phenoxy) is 2. The molecule has 0 saturated heterocycles. The van der Waals surface area contributed by atoms with Gasteiger partial charge in [0.05, 0.1) is 22.0 Å². The normalized spacial score (nSPS) is 10.8. The van der Waals surface area contributed by atoms with Crippen LogP contribution in [0, 0.1) is 3.57 Å². The third-order valence-electron chi connectivity index (χ3n) is 4.16. The zero-order valence-corrected chi connectivity index (χ0v) is 20.4. The maximum atomic E-state index is 12.2. The van der Waals surface area contributed by atoms with E-state index < -0.39 is 5.91 Å². The van der Waals surface area contributed by atoms with Crippen molar-refractivity contribution >= 4 is 50.6 Å². The molecule has 0 saturated carbocycles. The van der Waals surface area contributed by atoms with E-state index in [1.807, 2.05) is 37.3 Å². The third kappa shape index (κ3) is 6.44. The lowest BCUT2D eigenvalue weighted by molar-refractivity contribution is 0.0952. The smallest absolute Gasteiger partial charge is 0.275 e. The molecule has 0 fully saturated rings. The molecule has 0 aliphatic carbocycles. The Bertz CT molecular complexity index is 1090. The molecule has 0 radical (unpaired) electrons. The lowest BCUT2D eigenvalue weighted by Gasteiger charge is -2.15. The standard InChI is InChI=1S/C23H20BrIN2O4/c1-2-30-21-12-16(13-26-27-23(29)18-5-3-4-6-20(18)28)11-19(25)22(21)31-14-15-7-9-17(24)10-8-15/h3-13,28H,2,14H2,1H3,(H,27,29)/b26-13-. The molecule has 160 valence electrons. The molecule has 0 aliphatic rings. The van der Waals surface area contributed by atoms with Crippen LogP contribution in [0.25, 0.3) is 0 Å². The fraction of sp³-hybridized carbons (Fsp3) is 0.130. The van der Waals surface area contributed by atoms with Gasteiger partial charge in [0.15, 0.2) is 11.5 Å². The Morgan fingerprint density at radius 1 is 1.16 bits per heavy atom. The van der Waals surface area contributed by atoms with Crippen LogP contribution in [0.15, 0.2) is 70.2 Å².